The molecule has 1 rings (SSSR count). The molecule has 1 saturated heterocycles. The van der Waals surface area contributed by atoms with Crippen LogP contribution < -0.4 is 5.32 Å². The second-order valence-corrected chi connectivity index (χ2v) is 6.97. The molecular weight excluding hydrogens is 262 g/mol. The number of ether oxygens (including phenoxy) is 1. The Hall–Kier alpha value is -0.570. The van der Waals surface area contributed by atoms with E-state index in [2.05, 4.69) is 26.1 Å². The second kappa shape index (κ2) is 10.2. The number of unbranched alkanes of at least 4 members (excludes halogenated alkanes) is 6. The predicted octanol–water partition coefficient (Wildman–Crippen LogP) is 4.45. The van der Waals surface area contributed by atoms with Crippen LogP contribution in [0.5, 0.6) is 0 Å². The molecule has 0 spiro atoms. The molecule has 1 aliphatic rings. The largest absolute Gasteiger partial charge is 0.459 e. The van der Waals surface area contributed by atoms with Crippen LogP contribution in [0.1, 0.15) is 85.0 Å². The van der Waals surface area contributed by atoms with Gasteiger partial charge < -0.3 is 10.1 Å². The number of piperidine rings is 1. The van der Waals surface area contributed by atoms with E-state index in [1.165, 1.54) is 32.1 Å². The summed E-state index contributed by atoms with van der Waals surface area (Å²) in [5.41, 5.74) is -0.305. The Balaban J connectivity index is 2.11. The van der Waals surface area contributed by atoms with Gasteiger partial charge in [-0.1, -0.05) is 45.4 Å². The van der Waals surface area contributed by atoms with Crippen LogP contribution in [0.25, 0.3) is 0 Å². The monoisotopic (exact) mass is 297 g/mol. The highest BCUT2D eigenvalue weighted by atomic mass is 16.6. The van der Waals surface area contributed by atoms with Gasteiger partial charge in [-0.15, -0.1) is 0 Å². The number of hydrogen-bond acceptors (Lipinski definition) is 3. The smallest absolute Gasteiger partial charge is 0.306 e. The summed E-state index contributed by atoms with van der Waals surface area (Å²) in [5, 5.41) is 3.36. The number of esters is 1. The maximum Gasteiger partial charge on any atom is 0.306 e. The predicted molar refractivity (Wildman–Crippen MR) is 88.4 cm³/mol. The summed E-state index contributed by atoms with van der Waals surface area (Å²) in [6, 6.07) is 0. The van der Waals surface area contributed by atoms with Crippen molar-refractivity contribution in [2.75, 3.05) is 13.1 Å². The van der Waals surface area contributed by atoms with Crippen molar-refractivity contribution in [3.63, 3.8) is 0 Å². The van der Waals surface area contributed by atoms with Gasteiger partial charge in [-0.2, -0.15) is 0 Å². The van der Waals surface area contributed by atoms with Gasteiger partial charge in [0.1, 0.15) is 5.60 Å². The maximum absolute atomic E-state index is 12.0. The fourth-order valence-electron chi connectivity index (χ4n) is 3.17. The van der Waals surface area contributed by atoms with Gasteiger partial charge in [0.2, 0.25) is 0 Å². The third kappa shape index (κ3) is 7.85. The van der Waals surface area contributed by atoms with E-state index in [-0.39, 0.29) is 11.6 Å². The fraction of sp³-hybridized carbons (Fsp3) is 0.944. The highest BCUT2D eigenvalue weighted by Crippen LogP contribution is 2.29. The minimum atomic E-state index is -0.305. The van der Waals surface area contributed by atoms with Crippen molar-refractivity contribution in [1.82, 2.24) is 5.32 Å². The Morgan fingerprint density at radius 2 is 1.62 bits per heavy atom. The molecule has 0 aromatic heterocycles. The third-order valence-electron chi connectivity index (χ3n) is 4.68. The van der Waals surface area contributed by atoms with Gasteiger partial charge in [0, 0.05) is 12.3 Å². The normalized spacial score (nSPS) is 16.9. The summed E-state index contributed by atoms with van der Waals surface area (Å²) in [7, 11) is 0. The Morgan fingerprint density at radius 3 is 2.24 bits per heavy atom. The summed E-state index contributed by atoms with van der Waals surface area (Å²) in [6.45, 7) is 8.48. The summed E-state index contributed by atoms with van der Waals surface area (Å²) < 4.78 is 5.76. The van der Waals surface area contributed by atoms with E-state index in [1.54, 1.807) is 0 Å². The zero-order valence-electron chi connectivity index (χ0n) is 14.4. The number of carbonyl (C=O) groups is 1. The topological polar surface area (TPSA) is 38.3 Å². The standard InChI is InChI=1S/C18H35NO2/c1-4-5-6-7-8-9-10-11-17(20)21-18(2,3)16-12-14-19-15-13-16/h16,19H,4-15H2,1-3H3. The molecule has 124 valence electrons. The molecule has 3 nitrogen and oxygen atoms in total. The van der Waals surface area contributed by atoms with Crippen LogP contribution >= 0.6 is 0 Å². The van der Waals surface area contributed by atoms with Crippen molar-refractivity contribution >= 4 is 5.97 Å². The van der Waals surface area contributed by atoms with Gasteiger partial charge in [-0.05, 0) is 46.2 Å². The fourth-order valence-corrected chi connectivity index (χ4v) is 3.17. The second-order valence-electron chi connectivity index (χ2n) is 6.97. The Morgan fingerprint density at radius 1 is 1.05 bits per heavy atom. The van der Waals surface area contributed by atoms with Crippen LogP contribution in [0, 0.1) is 5.92 Å². The Labute approximate surface area is 131 Å². The first kappa shape index (κ1) is 18.5. The van der Waals surface area contributed by atoms with Gasteiger partial charge in [-0.3, -0.25) is 4.79 Å². The molecule has 0 radical (unpaired) electrons. The van der Waals surface area contributed by atoms with Crippen molar-refractivity contribution in [2.24, 2.45) is 5.92 Å². The van der Waals surface area contributed by atoms with Gasteiger partial charge in [0.15, 0.2) is 0 Å². The van der Waals surface area contributed by atoms with Crippen molar-refractivity contribution < 1.29 is 9.53 Å². The highest BCUT2D eigenvalue weighted by Gasteiger charge is 2.33. The van der Waals surface area contributed by atoms with Crippen LogP contribution in [-0.2, 0) is 9.53 Å². The SMILES string of the molecule is CCCCCCCCCC(=O)OC(C)(C)C1CCNCC1. The minimum absolute atomic E-state index is 0.00732. The van der Waals surface area contributed by atoms with Crippen LogP contribution in [0.4, 0.5) is 0 Å². The summed E-state index contributed by atoms with van der Waals surface area (Å²) >= 11 is 0. The average Bonchev–Trinajstić information content (AvgIpc) is 2.47. The van der Waals surface area contributed by atoms with Crippen molar-refractivity contribution in [3.8, 4) is 0 Å². The lowest BCUT2D eigenvalue weighted by molar-refractivity contribution is -0.162. The molecule has 0 unspecified atom stereocenters. The average molecular weight is 297 g/mol. The van der Waals surface area contributed by atoms with Crippen LogP contribution in [0.2, 0.25) is 0 Å². The number of carbonyl (C=O) groups excluding carboxylic acids is 1. The zero-order valence-corrected chi connectivity index (χ0v) is 14.4. The first-order valence-electron chi connectivity index (χ1n) is 8.99. The molecule has 0 aromatic rings. The lowest BCUT2D eigenvalue weighted by Crippen LogP contribution is -2.42. The minimum Gasteiger partial charge on any atom is -0.459 e. The molecular formula is C18H35NO2. The molecule has 3 heteroatoms. The Bertz CT molecular complexity index is 283. The summed E-state index contributed by atoms with van der Waals surface area (Å²) in [4.78, 5) is 12.0. The molecule has 0 saturated carbocycles. The van der Waals surface area contributed by atoms with E-state index in [0.29, 0.717) is 12.3 Å². The molecule has 0 bridgehead atoms. The van der Waals surface area contributed by atoms with Gasteiger partial charge in [-0.25, -0.2) is 0 Å². The molecule has 21 heavy (non-hydrogen) atoms. The lowest BCUT2D eigenvalue weighted by Gasteiger charge is -2.36. The Kier molecular flexibility index (Phi) is 8.98. The quantitative estimate of drug-likeness (QED) is 0.478. The zero-order chi connectivity index (χ0) is 15.6. The number of nitrogens with one attached hydrogen (secondary N) is 1. The summed E-state index contributed by atoms with van der Waals surface area (Å²) in [5.74, 6) is 0.490. The van der Waals surface area contributed by atoms with E-state index < -0.39 is 0 Å². The molecule has 0 aliphatic carbocycles. The van der Waals surface area contributed by atoms with Gasteiger partial charge >= 0.3 is 5.97 Å². The molecule has 0 aromatic carbocycles. The first-order chi connectivity index (χ1) is 10.1. The highest BCUT2D eigenvalue weighted by molar-refractivity contribution is 5.69. The molecule has 1 N–H and O–H groups in total. The first-order valence-corrected chi connectivity index (χ1v) is 8.99. The maximum atomic E-state index is 12.0. The van der Waals surface area contributed by atoms with E-state index in [1.807, 2.05) is 0 Å². The van der Waals surface area contributed by atoms with E-state index in [0.717, 1.165) is 38.8 Å². The molecule has 1 heterocycles. The number of rotatable bonds is 10. The molecule has 0 atom stereocenters. The van der Waals surface area contributed by atoms with E-state index in [9.17, 15) is 4.79 Å². The van der Waals surface area contributed by atoms with Gasteiger partial charge in [0.25, 0.3) is 0 Å². The number of hydrogen-bond donors (Lipinski definition) is 1. The van der Waals surface area contributed by atoms with E-state index in [4.69, 9.17) is 4.74 Å². The van der Waals surface area contributed by atoms with Crippen LogP contribution in [-0.4, -0.2) is 24.7 Å². The molecule has 1 fully saturated rings. The lowest BCUT2D eigenvalue weighted by atomic mass is 9.83. The van der Waals surface area contributed by atoms with Crippen molar-refractivity contribution in [1.29, 1.82) is 0 Å². The molecule has 1 aliphatic heterocycles. The summed E-state index contributed by atoms with van der Waals surface area (Å²) in [6.07, 6.45) is 11.5. The molecule has 0 amide bonds. The van der Waals surface area contributed by atoms with Crippen LogP contribution in [0.3, 0.4) is 0 Å². The van der Waals surface area contributed by atoms with Crippen molar-refractivity contribution in [2.45, 2.75) is 90.6 Å². The van der Waals surface area contributed by atoms with Crippen LogP contribution in [0.15, 0.2) is 0 Å². The van der Waals surface area contributed by atoms with Crippen molar-refractivity contribution in [3.05, 3.63) is 0 Å². The third-order valence-corrected chi connectivity index (χ3v) is 4.68. The van der Waals surface area contributed by atoms with Gasteiger partial charge in [0.05, 0.1) is 0 Å². The van der Waals surface area contributed by atoms with E-state index >= 15 is 0 Å².